The van der Waals surface area contributed by atoms with Gasteiger partial charge in [-0.05, 0) is 40.5 Å². The summed E-state index contributed by atoms with van der Waals surface area (Å²) in [4.78, 5) is 0. The molecule has 0 N–H and O–H groups in total. The van der Waals surface area contributed by atoms with E-state index in [1.165, 1.54) is 25.3 Å². The molecule has 0 bridgehead atoms. The van der Waals surface area contributed by atoms with Crippen LogP contribution in [0, 0.1) is 5.82 Å². The summed E-state index contributed by atoms with van der Waals surface area (Å²) in [5.41, 5.74) is 2.63. The second kappa shape index (κ2) is 9.12. The van der Waals surface area contributed by atoms with Crippen molar-refractivity contribution in [2.24, 2.45) is 0 Å². The van der Waals surface area contributed by atoms with Crippen molar-refractivity contribution < 1.29 is 27.4 Å². The molecule has 2 aromatic rings. The summed E-state index contributed by atoms with van der Waals surface area (Å²) in [6, 6.07) is 11.8. The first-order valence-corrected chi connectivity index (χ1v) is 10.0. The van der Waals surface area contributed by atoms with Crippen molar-refractivity contribution in [1.29, 1.82) is 0 Å². The van der Waals surface area contributed by atoms with E-state index in [2.05, 4.69) is 6.58 Å². The molecular formula is C25H23F3O3. The second-order valence-corrected chi connectivity index (χ2v) is 7.48. The van der Waals surface area contributed by atoms with Crippen LogP contribution in [-0.4, -0.2) is 39.0 Å². The largest absolute Gasteiger partial charge is 0.498 e. The quantitative estimate of drug-likeness (QED) is 0.569. The third kappa shape index (κ3) is 4.31. The number of benzene rings is 2. The van der Waals surface area contributed by atoms with Crippen molar-refractivity contribution in [2.45, 2.75) is 24.6 Å². The molecule has 1 aliphatic carbocycles. The predicted molar refractivity (Wildman–Crippen MR) is 113 cm³/mol. The first-order chi connectivity index (χ1) is 15.0. The minimum Gasteiger partial charge on any atom is -0.498 e. The van der Waals surface area contributed by atoms with E-state index >= 15 is 0 Å². The van der Waals surface area contributed by atoms with E-state index in [0.29, 0.717) is 29.9 Å². The zero-order valence-electron chi connectivity index (χ0n) is 17.1. The lowest BCUT2D eigenvalue weighted by Crippen LogP contribution is -2.29. The van der Waals surface area contributed by atoms with Crippen LogP contribution in [0.2, 0.25) is 0 Å². The highest BCUT2D eigenvalue weighted by Gasteiger charge is 2.32. The van der Waals surface area contributed by atoms with E-state index in [4.69, 9.17) is 14.2 Å². The molecule has 2 unspecified atom stereocenters. The molecule has 1 heterocycles. The van der Waals surface area contributed by atoms with Gasteiger partial charge >= 0.3 is 0 Å². The number of alkyl halides is 2. The summed E-state index contributed by atoms with van der Waals surface area (Å²) >= 11 is 0. The van der Waals surface area contributed by atoms with Crippen LogP contribution in [-0.2, 0) is 14.2 Å². The van der Waals surface area contributed by atoms with E-state index in [9.17, 15) is 13.2 Å². The smallest absolute Gasteiger partial charge is 0.192 e. The molecule has 0 saturated carbocycles. The standard InChI is InChI=1S/C25H23F3O3/c1-3-23-30-13-18(14-31-23)17-8-9-19(21(26)12-17)15-4-6-16(7-5-15)20-10-11-22(29-2)25(28)24(20)27/h3-12,18,23-25H,1,13-14H2,2H3. The maximum Gasteiger partial charge on any atom is 0.192 e. The van der Waals surface area contributed by atoms with Gasteiger partial charge in [-0.25, -0.2) is 13.2 Å². The lowest BCUT2D eigenvalue weighted by molar-refractivity contribution is -0.159. The molecule has 3 nitrogen and oxygen atoms in total. The molecule has 162 valence electrons. The van der Waals surface area contributed by atoms with E-state index in [1.54, 1.807) is 36.4 Å². The van der Waals surface area contributed by atoms with Gasteiger partial charge in [-0.3, -0.25) is 0 Å². The zero-order chi connectivity index (χ0) is 22.0. The van der Waals surface area contributed by atoms with Gasteiger partial charge in [0, 0.05) is 11.5 Å². The first-order valence-electron chi connectivity index (χ1n) is 10.0. The number of hydrogen-bond acceptors (Lipinski definition) is 3. The summed E-state index contributed by atoms with van der Waals surface area (Å²) in [5.74, 6) is -0.461. The third-order valence-corrected chi connectivity index (χ3v) is 5.60. The van der Waals surface area contributed by atoms with E-state index in [1.807, 2.05) is 6.07 Å². The molecule has 0 amide bonds. The molecule has 0 spiro atoms. The van der Waals surface area contributed by atoms with Crippen molar-refractivity contribution >= 4 is 5.57 Å². The van der Waals surface area contributed by atoms with Gasteiger partial charge in [-0.1, -0.05) is 49.1 Å². The Labute approximate surface area is 179 Å². The Balaban J connectivity index is 1.53. The van der Waals surface area contributed by atoms with Crippen molar-refractivity contribution in [3.8, 4) is 11.1 Å². The Bertz CT molecular complexity index is 1010. The van der Waals surface area contributed by atoms with Crippen LogP contribution in [0.25, 0.3) is 16.7 Å². The lowest BCUT2D eigenvalue weighted by atomic mass is 9.91. The minimum atomic E-state index is -1.84. The predicted octanol–water partition coefficient (Wildman–Crippen LogP) is 5.74. The highest BCUT2D eigenvalue weighted by molar-refractivity contribution is 5.75. The van der Waals surface area contributed by atoms with Crippen LogP contribution in [0.3, 0.4) is 0 Å². The average Bonchev–Trinajstić information content (AvgIpc) is 2.81. The molecule has 1 aliphatic heterocycles. The van der Waals surface area contributed by atoms with Crippen molar-refractivity contribution in [3.05, 3.63) is 90.0 Å². The molecule has 4 rings (SSSR count). The van der Waals surface area contributed by atoms with Gasteiger partial charge in [0.15, 0.2) is 18.6 Å². The summed E-state index contributed by atoms with van der Waals surface area (Å²) in [6.45, 7) is 4.49. The number of halogens is 3. The Morgan fingerprint density at radius 3 is 2.26 bits per heavy atom. The van der Waals surface area contributed by atoms with Crippen LogP contribution in [0.1, 0.15) is 17.0 Å². The summed E-state index contributed by atoms with van der Waals surface area (Å²) < 4.78 is 59.3. The van der Waals surface area contributed by atoms with Gasteiger partial charge in [0.05, 0.1) is 20.3 Å². The van der Waals surface area contributed by atoms with Crippen LogP contribution < -0.4 is 0 Å². The van der Waals surface area contributed by atoms with Crippen LogP contribution in [0.4, 0.5) is 13.2 Å². The maximum absolute atomic E-state index is 14.8. The minimum absolute atomic E-state index is 0.0381. The SMILES string of the molecule is C=CC1OCC(c2ccc(-c3ccc(C4=CC=C(OC)C(F)C4F)cc3)c(F)c2)CO1. The number of rotatable bonds is 5. The van der Waals surface area contributed by atoms with E-state index in [-0.39, 0.29) is 23.1 Å². The summed E-state index contributed by atoms with van der Waals surface area (Å²) in [7, 11) is 1.31. The van der Waals surface area contributed by atoms with Gasteiger partial charge in [0.2, 0.25) is 0 Å². The van der Waals surface area contributed by atoms with Crippen LogP contribution >= 0.6 is 0 Å². The molecule has 2 aromatic carbocycles. The Morgan fingerprint density at radius 1 is 0.968 bits per heavy atom. The van der Waals surface area contributed by atoms with Gasteiger partial charge in [-0.2, -0.15) is 0 Å². The van der Waals surface area contributed by atoms with Crippen LogP contribution in [0.5, 0.6) is 0 Å². The molecular weight excluding hydrogens is 405 g/mol. The Morgan fingerprint density at radius 2 is 1.65 bits per heavy atom. The molecule has 31 heavy (non-hydrogen) atoms. The maximum atomic E-state index is 14.8. The highest BCUT2D eigenvalue weighted by atomic mass is 19.2. The molecule has 0 radical (unpaired) electrons. The number of methoxy groups -OCH3 is 1. The van der Waals surface area contributed by atoms with Crippen molar-refractivity contribution in [3.63, 3.8) is 0 Å². The molecule has 0 aromatic heterocycles. The zero-order valence-corrected chi connectivity index (χ0v) is 17.1. The fraction of sp³-hybridized carbons (Fsp3) is 0.280. The Kier molecular flexibility index (Phi) is 6.30. The van der Waals surface area contributed by atoms with Gasteiger partial charge in [0.25, 0.3) is 0 Å². The second-order valence-electron chi connectivity index (χ2n) is 7.48. The van der Waals surface area contributed by atoms with Gasteiger partial charge < -0.3 is 14.2 Å². The Hall–Kier alpha value is -2.83. The monoisotopic (exact) mass is 428 g/mol. The fourth-order valence-electron chi connectivity index (χ4n) is 3.80. The van der Waals surface area contributed by atoms with Crippen LogP contribution in [0.15, 0.2) is 73.0 Å². The number of allylic oxidation sites excluding steroid dienone is 4. The third-order valence-electron chi connectivity index (χ3n) is 5.60. The number of ether oxygens (including phenoxy) is 3. The fourth-order valence-corrected chi connectivity index (χ4v) is 3.80. The topological polar surface area (TPSA) is 27.7 Å². The van der Waals surface area contributed by atoms with Crippen molar-refractivity contribution in [2.75, 3.05) is 20.3 Å². The average molecular weight is 428 g/mol. The van der Waals surface area contributed by atoms with Gasteiger partial charge in [-0.15, -0.1) is 0 Å². The first kappa shape index (κ1) is 21.4. The highest BCUT2D eigenvalue weighted by Crippen LogP contribution is 2.34. The number of hydrogen-bond donors (Lipinski definition) is 0. The molecule has 6 heteroatoms. The lowest BCUT2D eigenvalue weighted by Gasteiger charge is -2.28. The van der Waals surface area contributed by atoms with Crippen molar-refractivity contribution in [1.82, 2.24) is 0 Å². The molecule has 1 saturated heterocycles. The molecule has 2 aliphatic rings. The summed E-state index contributed by atoms with van der Waals surface area (Å²) in [6.07, 6.45) is 0.435. The van der Waals surface area contributed by atoms with Gasteiger partial charge in [0.1, 0.15) is 11.6 Å². The summed E-state index contributed by atoms with van der Waals surface area (Å²) in [5, 5.41) is 0. The van der Waals surface area contributed by atoms with E-state index < -0.39 is 18.6 Å². The molecule has 1 fully saturated rings. The normalized spacial score (nSPS) is 26.1. The van der Waals surface area contributed by atoms with E-state index in [0.717, 1.165) is 5.56 Å². The molecule has 2 atom stereocenters.